The van der Waals surface area contributed by atoms with Crippen molar-refractivity contribution in [2.45, 2.75) is 0 Å². The Kier molecular flexibility index (Phi) is 2.43. The first-order valence-corrected chi connectivity index (χ1v) is 4.65. The number of aromatic amines is 1. The monoisotopic (exact) mass is 221 g/mol. The van der Waals surface area contributed by atoms with Crippen molar-refractivity contribution in [2.75, 3.05) is 5.32 Å². The summed E-state index contributed by atoms with van der Waals surface area (Å²) >= 11 is 5.95. The molecular weight excluding hydrogens is 214 g/mol. The Hall–Kier alpha value is -1.81. The van der Waals surface area contributed by atoms with Crippen LogP contribution >= 0.6 is 11.6 Å². The van der Waals surface area contributed by atoms with E-state index in [2.05, 4.69) is 22.1 Å². The SMILES string of the molecule is C=CC(=O)Nc1ccc(Cl)c2cn[nH]c12. The lowest BCUT2D eigenvalue weighted by Crippen LogP contribution is -2.07. The second-order valence-electron chi connectivity index (χ2n) is 2.95. The van der Waals surface area contributed by atoms with Crippen LogP contribution in [0.5, 0.6) is 0 Å². The van der Waals surface area contributed by atoms with Gasteiger partial charge in [0.05, 0.1) is 22.4 Å². The second-order valence-corrected chi connectivity index (χ2v) is 3.35. The molecule has 0 aliphatic heterocycles. The number of benzene rings is 1. The Bertz CT molecular complexity index is 532. The highest BCUT2D eigenvalue weighted by Crippen LogP contribution is 2.27. The molecule has 1 heterocycles. The van der Waals surface area contributed by atoms with Gasteiger partial charge in [0.2, 0.25) is 5.91 Å². The molecule has 1 amide bonds. The van der Waals surface area contributed by atoms with Crippen LogP contribution in [0.4, 0.5) is 5.69 Å². The van der Waals surface area contributed by atoms with Crippen molar-refractivity contribution in [1.29, 1.82) is 0 Å². The van der Waals surface area contributed by atoms with E-state index in [9.17, 15) is 4.79 Å². The Labute approximate surface area is 90.9 Å². The topological polar surface area (TPSA) is 57.8 Å². The van der Waals surface area contributed by atoms with Gasteiger partial charge in [-0.2, -0.15) is 5.10 Å². The van der Waals surface area contributed by atoms with Crippen molar-refractivity contribution >= 4 is 34.1 Å². The van der Waals surface area contributed by atoms with Crippen molar-refractivity contribution in [3.05, 3.63) is 36.0 Å². The van der Waals surface area contributed by atoms with Gasteiger partial charge < -0.3 is 5.32 Å². The van der Waals surface area contributed by atoms with Crippen LogP contribution in [0.2, 0.25) is 5.02 Å². The van der Waals surface area contributed by atoms with Gasteiger partial charge in [0.25, 0.3) is 0 Å². The van der Waals surface area contributed by atoms with Crippen molar-refractivity contribution in [3.8, 4) is 0 Å². The van der Waals surface area contributed by atoms with Crippen LogP contribution in [0.1, 0.15) is 0 Å². The van der Waals surface area contributed by atoms with Gasteiger partial charge in [-0.25, -0.2) is 0 Å². The molecule has 15 heavy (non-hydrogen) atoms. The third-order valence-electron chi connectivity index (χ3n) is 2.01. The molecular formula is C10H8ClN3O. The molecule has 1 aromatic heterocycles. The maximum atomic E-state index is 11.1. The molecule has 0 spiro atoms. The van der Waals surface area contributed by atoms with Crippen molar-refractivity contribution in [3.63, 3.8) is 0 Å². The molecule has 0 unspecified atom stereocenters. The number of halogens is 1. The molecule has 0 saturated heterocycles. The van der Waals surface area contributed by atoms with Crippen LogP contribution in [0.25, 0.3) is 10.9 Å². The fraction of sp³-hybridized carbons (Fsp3) is 0. The summed E-state index contributed by atoms with van der Waals surface area (Å²) in [7, 11) is 0. The van der Waals surface area contributed by atoms with Gasteiger partial charge in [-0.1, -0.05) is 18.2 Å². The maximum Gasteiger partial charge on any atom is 0.247 e. The highest BCUT2D eigenvalue weighted by Gasteiger charge is 2.07. The number of hydrogen-bond donors (Lipinski definition) is 2. The molecule has 0 saturated carbocycles. The van der Waals surface area contributed by atoms with Crippen LogP contribution < -0.4 is 5.32 Å². The fourth-order valence-corrected chi connectivity index (χ4v) is 1.50. The van der Waals surface area contributed by atoms with E-state index in [1.54, 1.807) is 18.3 Å². The van der Waals surface area contributed by atoms with Gasteiger partial charge in [0.15, 0.2) is 0 Å². The molecule has 0 fully saturated rings. The molecule has 2 aromatic rings. The molecule has 0 radical (unpaired) electrons. The normalized spacial score (nSPS) is 10.2. The third kappa shape index (κ3) is 1.71. The summed E-state index contributed by atoms with van der Waals surface area (Å²) in [5, 5.41) is 10.7. The zero-order valence-corrected chi connectivity index (χ0v) is 8.51. The number of H-pyrrole nitrogens is 1. The fourth-order valence-electron chi connectivity index (χ4n) is 1.29. The van der Waals surface area contributed by atoms with E-state index in [0.717, 1.165) is 5.39 Å². The van der Waals surface area contributed by atoms with Gasteiger partial charge in [0, 0.05) is 5.39 Å². The maximum absolute atomic E-state index is 11.1. The first-order valence-electron chi connectivity index (χ1n) is 4.27. The van der Waals surface area contributed by atoms with Gasteiger partial charge in [-0.15, -0.1) is 0 Å². The second kappa shape index (κ2) is 3.74. The number of fused-ring (bicyclic) bond motifs is 1. The molecule has 4 nitrogen and oxygen atoms in total. The van der Waals surface area contributed by atoms with Crippen molar-refractivity contribution in [1.82, 2.24) is 10.2 Å². The number of nitrogens with zero attached hydrogens (tertiary/aromatic N) is 1. The summed E-state index contributed by atoms with van der Waals surface area (Å²) < 4.78 is 0. The van der Waals surface area contributed by atoms with E-state index in [0.29, 0.717) is 16.2 Å². The van der Waals surface area contributed by atoms with Gasteiger partial charge in [-0.3, -0.25) is 9.89 Å². The van der Waals surface area contributed by atoms with Gasteiger partial charge in [-0.05, 0) is 18.2 Å². The number of carbonyl (C=O) groups excluding carboxylic acids is 1. The number of hydrogen-bond acceptors (Lipinski definition) is 2. The van der Waals surface area contributed by atoms with E-state index >= 15 is 0 Å². The first-order chi connectivity index (χ1) is 7.22. The number of nitrogens with one attached hydrogen (secondary N) is 2. The molecule has 0 bridgehead atoms. The van der Waals surface area contributed by atoms with Gasteiger partial charge >= 0.3 is 0 Å². The average Bonchev–Trinajstić information content (AvgIpc) is 2.71. The molecule has 5 heteroatoms. The van der Waals surface area contributed by atoms with E-state index < -0.39 is 0 Å². The Morgan fingerprint density at radius 3 is 3.13 bits per heavy atom. The van der Waals surface area contributed by atoms with Gasteiger partial charge in [0.1, 0.15) is 0 Å². The number of anilines is 1. The lowest BCUT2D eigenvalue weighted by molar-refractivity contribution is -0.111. The molecule has 0 aliphatic carbocycles. The summed E-state index contributed by atoms with van der Waals surface area (Å²) in [5.41, 5.74) is 1.34. The average molecular weight is 222 g/mol. The standard InChI is InChI=1S/C10H8ClN3O/c1-2-9(15)13-8-4-3-7(11)6-5-12-14-10(6)8/h2-5H,1H2,(H,12,14)(H,13,15). The molecule has 2 rings (SSSR count). The van der Waals surface area contributed by atoms with Crippen LogP contribution in [-0.2, 0) is 4.79 Å². The summed E-state index contributed by atoms with van der Waals surface area (Å²) in [5.74, 6) is -0.270. The minimum absolute atomic E-state index is 0.270. The van der Waals surface area contributed by atoms with Crippen LogP contribution in [0, 0.1) is 0 Å². The number of rotatable bonds is 2. The predicted octanol–water partition coefficient (Wildman–Crippen LogP) is 2.34. The minimum Gasteiger partial charge on any atom is -0.321 e. The Morgan fingerprint density at radius 2 is 2.40 bits per heavy atom. The molecule has 2 N–H and O–H groups in total. The number of aromatic nitrogens is 2. The van der Waals surface area contributed by atoms with E-state index in [4.69, 9.17) is 11.6 Å². The summed E-state index contributed by atoms with van der Waals surface area (Å²) in [6.07, 6.45) is 2.82. The van der Waals surface area contributed by atoms with Crippen LogP contribution in [0.3, 0.4) is 0 Å². The van der Waals surface area contributed by atoms with Crippen LogP contribution in [-0.4, -0.2) is 16.1 Å². The minimum atomic E-state index is -0.270. The zero-order chi connectivity index (χ0) is 10.8. The Balaban J connectivity index is 2.52. The highest BCUT2D eigenvalue weighted by molar-refractivity contribution is 6.35. The van der Waals surface area contributed by atoms with E-state index in [1.165, 1.54) is 6.08 Å². The number of amides is 1. The van der Waals surface area contributed by atoms with Crippen LogP contribution in [0.15, 0.2) is 31.0 Å². The zero-order valence-electron chi connectivity index (χ0n) is 7.75. The largest absolute Gasteiger partial charge is 0.321 e. The van der Waals surface area contributed by atoms with Crippen molar-refractivity contribution in [2.24, 2.45) is 0 Å². The molecule has 0 atom stereocenters. The quantitative estimate of drug-likeness (QED) is 0.765. The summed E-state index contributed by atoms with van der Waals surface area (Å²) in [6.45, 7) is 3.38. The summed E-state index contributed by atoms with van der Waals surface area (Å²) in [4.78, 5) is 11.1. The first kappa shape index (κ1) is 9.73. The molecule has 1 aromatic carbocycles. The van der Waals surface area contributed by atoms with Crippen molar-refractivity contribution < 1.29 is 4.79 Å². The summed E-state index contributed by atoms with van der Waals surface area (Å²) in [6, 6.07) is 3.42. The van der Waals surface area contributed by atoms with E-state index in [-0.39, 0.29) is 5.91 Å². The lowest BCUT2D eigenvalue weighted by Gasteiger charge is -2.03. The van der Waals surface area contributed by atoms with E-state index in [1.807, 2.05) is 0 Å². The smallest absolute Gasteiger partial charge is 0.247 e. The lowest BCUT2D eigenvalue weighted by atomic mass is 10.2. The predicted molar refractivity (Wildman–Crippen MR) is 59.9 cm³/mol. The highest BCUT2D eigenvalue weighted by atomic mass is 35.5. The Morgan fingerprint density at radius 1 is 1.60 bits per heavy atom. The number of carbonyl (C=O) groups is 1. The molecule has 0 aliphatic rings. The molecule has 76 valence electrons. The third-order valence-corrected chi connectivity index (χ3v) is 2.34.